The quantitative estimate of drug-likeness (QED) is 0.194. The fourth-order valence-electron chi connectivity index (χ4n) is 8.10. The number of allylic oxidation sites excluding steroid dienone is 4. The van der Waals surface area contributed by atoms with E-state index in [1.165, 1.54) is 36.5 Å². The van der Waals surface area contributed by atoms with E-state index in [4.69, 9.17) is 9.47 Å². The molecule has 4 aliphatic rings. The van der Waals surface area contributed by atoms with Gasteiger partial charge in [0.15, 0.2) is 5.78 Å². The van der Waals surface area contributed by atoms with Crippen LogP contribution in [0.3, 0.4) is 0 Å². The fourth-order valence-corrected chi connectivity index (χ4v) is 8.10. The predicted octanol–water partition coefficient (Wildman–Crippen LogP) is 6.12. The summed E-state index contributed by atoms with van der Waals surface area (Å²) in [6.07, 6.45) is 10.4. The molecule has 7 nitrogen and oxygen atoms in total. The van der Waals surface area contributed by atoms with Crippen LogP contribution in [0.2, 0.25) is 0 Å². The first kappa shape index (κ1) is 26.8. The summed E-state index contributed by atoms with van der Waals surface area (Å²) in [5, 5.41) is 3.72. The number of benzene rings is 1. The third kappa shape index (κ3) is 4.54. The van der Waals surface area contributed by atoms with Crippen LogP contribution in [0.15, 0.2) is 52.2 Å². The number of fused-ring (bicyclic) bond motifs is 4. The summed E-state index contributed by atoms with van der Waals surface area (Å²) in [7, 11) is 4.88. The van der Waals surface area contributed by atoms with E-state index in [0.717, 1.165) is 44.1 Å². The molecule has 0 N–H and O–H groups in total. The molecule has 0 aromatic heterocycles. The van der Waals surface area contributed by atoms with Crippen LogP contribution in [0.5, 0.6) is 0 Å². The smallest absolute Gasteiger partial charge is 0.436 e. The summed E-state index contributed by atoms with van der Waals surface area (Å²) in [5.74, 6) is 1.48. The average Bonchev–Trinajstić information content (AvgIpc) is 2.93. The molecule has 1 aromatic carbocycles. The number of rotatable bonds is 6. The van der Waals surface area contributed by atoms with Crippen LogP contribution in [0.1, 0.15) is 75.3 Å². The minimum absolute atomic E-state index is 0.0460. The van der Waals surface area contributed by atoms with Crippen molar-refractivity contribution in [2.75, 3.05) is 27.9 Å². The maximum Gasteiger partial charge on any atom is 0.534 e. The van der Waals surface area contributed by atoms with Crippen LogP contribution in [0.25, 0.3) is 0 Å². The predicted molar refractivity (Wildman–Crippen MR) is 144 cm³/mol. The summed E-state index contributed by atoms with van der Waals surface area (Å²) in [6.45, 7) is 3.03. The van der Waals surface area contributed by atoms with E-state index in [9.17, 15) is 9.59 Å². The molecule has 0 heterocycles. The summed E-state index contributed by atoms with van der Waals surface area (Å²) in [4.78, 5) is 28.2. The molecular formula is C31H39NO6. The second kappa shape index (κ2) is 10.8. The van der Waals surface area contributed by atoms with Crippen molar-refractivity contribution in [2.45, 2.75) is 69.8 Å². The summed E-state index contributed by atoms with van der Waals surface area (Å²) >= 11 is 0. The van der Waals surface area contributed by atoms with Crippen LogP contribution in [-0.4, -0.2) is 51.7 Å². The minimum atomic E-state index is -0.848. The molecule has 38 heavy (non-hydrogen) atoms. The van der Waals surface area contributed by atoms with Crippen molar-refractivity contribution in [3.63, 3.8) is 0 Å². The topological polar surface area (TPSA) is 83.4 Å². The lowest BCUT2D eigenvalue weighted by atomic mass is 9.45. The zero-order valence-electron chi connectivity index (χ0n) is 23.0. The Bertz CT molecular complexity index is 1160. The van der Waals surface area contributed by atoms with Crippen LogP contribution in [0.4, 0.5) is 4.79 Å². The fraction of sp³-hybridized carbons (Fsp3) is 0.581. The molecule has 2 fully saturated rings. The molecule has 4 aliphatic carbocycles. The van der Waals surface area contributed by atoms with Gasteiger partial charge in [-0.15, -0.1) is 0 Å². The highest BCUT2D eigenvalue weighted by Crippen LogP contribution is 2.66. The van der Waals surface area contributed by atoms with Gasteiger partial charge in [0.2, 0.25) is 0 Å². The number of oxime groups is 1. The second-order valence-corrected chi connectivity index (χ2v) is 11.5. The van der Waals surface area contributed by atoms with E-state index >= 15 is 0 Å². The molecule has 0 saturated heterocycles. The second-order valence-electron chi connectivity index (χ2n) is 11.5. The summed E-state index contributed by atoms with van der Waals surface area (Å²) < 4.78 is 16.7. The zero-order chi connectivity index (χ0) is 26.9. The number of hydrogen-bond acceptors (Lipinski definition) is 7. The summed E-state index contributed by atoms with van der Waals surface area (Å²) in [5.41, 5.74) is 5.97. The first-order valence-corrected chi connectivity index (χ1v) is 13.7. The van der Waals surface area contributed by atoms with Gasteiger partial charge in [0.25, 0.3) is 0 Å². The van der Waals surface area contributed by atoms with Crippen LogP contribution in [-0.2, 0) is 23.8 Å². The Morgan fingerprint density at radius 1 is 1.11 bits per heavy atom. The largest absolute Gasteiger partial charge is 0.534 e. The van der Waals surface area contributed by atoms with Crippen molar-refractivity contribution in [1.82, 2.24) is 0 Å². The van der Waals surface area contributed by atoms with Gasteiger partial charge < -0.3 is 14.2 Å². The lowest BCUT2D eigenvalue weighted by Gasteiger charge is -2.62. The molecule has 204 valence electrons. The lowest BCUT2D eigenvalue weighted by Crippen LogP contribution is -2.61. The van der Waals surface area contributed by atoms with Crippen molar-refractivity contribution in [3.05, 3.63) is 58.2 Å². The van der Waals surface area contributed by atoms with E-state index in [0.29, 0.717) is 24.9 Å². The monoisotopic (exact) mass is 521 g/mol. The molecule has 0 aliphatic heterocycles. The van der Waals surface area contributed by atoms with E-state index in [1.54, 1.807) is 12.7 Å². The van der Waals surface area contributed by atoms with Gasteiger partial charge in [-0.1, -0.05) is 48.3 Å². The molecule has 0 bridgehead atoms. The highest BCUT2D eigenvalue weighted by Gasteiger charge is 2.61. The van der Waals surface area contributed by atoms with Crippen molar-refractivity contribution < 1.29 is 28.6 Å². The first-order chi connectivity index (χ1) is 18.4. The molecular weight excluding hydrogens is 482 g/mol. The molecule has 5 atom stereocenters. The van der Waals surface area contributed by atoms with E-state index in [1.807, 2.05) is 25.3 Å². The number of nitrogens with zero attached hydrogens (tertiary/aromatic N) is 1. The number of carbonyl (C=O) groups is 2. The molecule has 5 rings (SSSR count). The van der Waals surface area contributed by atoms with Gasteiger partial charge in [0.05, 0.1) is 25.5 Å². The Morgan fingerprint density at radius 2 is 1.89 bits per heavy atom. The SMILES string of the molecule is COC[C@]1(OC)CCCC2C3CCC4=CC(=O)CCC4=C3[C@@H](c3ccc(/C=N/OC(=O)OC)cc3)C[C@@]21C. The van der Waals surface area contributed by atoms with Crippen LogP contribution >= 0.6 is 0 Å². The molecule has 2 unspecified atom stereocenters. The minimum Gasteiger partial charge on any atom is -0.436 e. The Kier molecular flexibility index (Phi) is 7.60. The first-order valence-electron chi connectivity index (χ1n) is 13.7. The van der Waals surface area contributed by atoms with Crippen molar-refractivity contribution in [3.8, 4) is 0 Å². The highest BCUT2D eigenvalue weighted by atomic mass is 16.8. The number of ether oxygens (including phenoxy) is 3. The maximum absolute atomic E-state index is 12.3. The van der Waals surface area contributed by atoms with Gasteiger partial charge in [-0.3, -0.25) is 9.63 Å². The number of ketones is 1. The lowest BCUT2D eigenvalue weighted by molar-refractivity contribution is -0.203. The van der Waals surface area contributed by atoms with Crippen molar-refractivity contribution in [2.24, 2.45) is 22.4 Å². The maximum atomic E-state index is 12.3. The molecule has 0 spiro atoms. The van der Waals surface area contributed by atoms with Crippen LogP contribution < -0.4 is 0 Å². The van der Waals surface area contributed by atoms with Crippen LogP contribution in [0, 0.1) is 17.3 Å². The molecule has 0 amide bonds. The zero-order valence-corrected chi connectivity index (χ0v) is 23.0. The normalized spacial score (nSPS) is 32.8. The molecule has 0 radical (unpaired) electrons. The third-order valence-corrected chi connectivity index (χ3v) is 9.86. The van der Waals surface area contributed by atoms with Gasteiger partial charge >= 0.3 is 6.16 Å². The molecule has 1 aromatic rings. The number of carbonyl (C=O) groups excluding carboxylic acids is 2. The Balaban J connectivity index is 1.57. The number of methoxy groups -OCH3 is 3. The number of hydrogen-bond donors (Lipinski definition) is 0. The molecule has 7 heteroatoms. The van der Waals surface area contributed by atoms with Gasteiger partial charge in [-0.25, -0.2) is 4.79 Å². The standard InChI is InChI=1S/C31H39NO6/c1-30-17-26(21-9-7-20(8-10-21)18-32-38-29(34)36-3)28-24-14-12-23(33)16-22(24)11-13-25(28)27(30)6-5-15-31(30,37-4)19-35-2/h7-10,16,18,25-27H,5-6,11-15,17,19H2,1-4H3/b32-18+/t25?,26-,27?,30+,31-/m1/s1. The van der Waals surface area contributed by atoms with Gasteiger partial charge in [0, 0.05) is 32.0 Å². The third-order valence-electron chi connectivity index (χ3n) is 9.86. The van der Waals surface area contributed by atoms with E-state index in [-0.39, 0.29) is 22.7 Å². The Labute approximate surface area is 225 Å². The van der Waals surface area contributed by atoms with E-state index in [2.05, 4.69) is 33.8 Å². The Hall–Kier alpha value is -2.77. The van der Waals surface area contributed by atoms with Gasteiger partial charge in [-0.05, 0) is 78.7 Å². The Morgan fingerprint density at radius 3 is 2.61 bits per heavy atom. The van der Waals surface area contributed by atoms with Crippen molar-refractivity contribution in [1.29, 1.82) is 0 Å². The van der Waals surface area contributed by atoms with Gasteiger partial charge in [0.1, 0.15) is 0 Å². The highest BCUT2D eigenvalue weighted by molar-refractivity contribution is 5.93. The average molecular weight is 522 g/mol. The molecule has 2 saturated carbocycles. The van der Waals surface area contributed by atoms with E-state index < -0.39 is 6.16 Å². The summed E-state index contributed by atoms with van der Waals surface area (Å²) in [6, 6.07) is 8.35. The van der Waals surface area contributed by atoms with Gasteiger partial charge in [-0.2, -0.15) is 0 Å². The van der Waals surface area contributed by atoms with Crippen molar-refractivity contribution >= 4 is 18.2 Å².